The van der Waals surface area contributed by atoms with Crippen LogP contribution in [0.4, 0.5) is 14.5 Å². The minimum atomic E-state index is -4.64. The molecule has 126 valence electrons. The second-order valence-electron chi connectivity index (χ2n) is 5.24. The summed E-state index contributed by atoms with van der Waals surface area (Å²) in [4.78, 5) is 11.7. The van der Waals surface area contributed by atoms with Gasteiger partial charge in [0.05, 0.1) is 4.90 Å². The number of anilines is 1. The summed E-state index contributed by atoms with van der Waals surface area (Å²) in [6, 6.07) is 11.9. The summed E-state index contributed by atoms with van der Waals surface area (Å²) >= 11 is 0. The molecular weight excluding hydrogens is 340 g/mol. The molecule has 1 aliphatic heterocycles. The molecule has 1 N–H and O–H groups in total. The van der Waals surface area contributed by atoms with E-state index in [4.69, 9.17) is 4.74 Å². The number of nitrogens with one attached hydrogen (secondary N) is 1. The fraction of sp³-hybridized carbons (Fsp3) is 0.188. The lowest BCUT2D eigenvalue weighted by molar-refractivity contribution is -0.122. The van der Waals surface area contributed by atoms with Crippen molar-refractivity contribution in [3.63, 3.8) is 0 Å². The van der Waals surface area contributed by atoms with Crippen LogP contribution >= 0.6 is 0 Å². The van der Waals surface area contributed by atoms with Gasteiger partial charge in [0.1, 0.15) is 5.75 Å². The molecule has 0 spiro atoms. The average molecular weight is 353 g/mol. The van der Waals surface area contributed by atoms with E-state index in [1.807, 2.05) is 12.1 Å². The highest BCUT2D eigenvalue weighted by Gasteiger charge is 2.29. The molecule has 0 fully saturated rings. The van der Waals surface area contributed by atoms with Gasteiger partial charge in [-0.3, -0.25) is 4.79 Å². The summed E-state index contributed by atoms with van der Waals surface area (Å²) in [6.45, 7) is 0. The topological polar surface area (TPSA) is 72.5 Å². The Labute approximate surface area is 137 Å². The molecule has 8 heteroatoms. The van der Waals surface area contributed by atoms with Crippen molar-refractivity contribution in [1.82, 2.24) is 0 Å². The van der Waals surface area contributed by atoms with Crippen LogP contribution in [0.15, 0.2) is 53.4 Å². The van der Waals surface area contributed by atoms with E-state index in [-0.39, 0.29) is 0 Å². The van der Waals surface area contributed by atoms with E-state index >= 15 is 0 Å². The predicted molar refractivity (Wildman–Crippen MR) is 82.8 cm³/mol. The number of carbonyl (C=O) groups excluding carboxylic acids is 1. The lowest BCUT2D eigenvalue weighted by Gasteiger charge is -2.12. The van der Waals surface area contributed by atoms with Gasteiger partial charge in [0.2, 0.25) is 9.84 Å². The Bertz CT molecular complexity index is 841. The number of fused-ring (bicyclic) bond motifs is 1. The van der Waals surface area contributed by atoms with Crippen LogP contribution in [0, 0.1) is 0 Å². The third-order valence-corrected chi connectivity index (χ3v) is 5.02. The van der Waals surface area contributed by atoms with E-state index < -0.39 is 32.5 Å². The van der Waals surface area contributed by atoms with Crippen molar-refractivity contribution in [3.8, 4) is 5.75 Å². The number of sulfone groups is 1. The number of carbonyl (C=O) groups is 1. The molecule has 0 aromatic heterocycles. The highest BCUT2D eigenvalue weighted by Crippen LogP contribution is 2.29. The standard InChI is InChI=1S/C16H13F2NO4S/c17-16(18)24(21,22)12-7-5-11(6-8-12)19-15(20)14-9-10-3-1-2-4-13(10)23-14/h1-8,14,16H,9H2,(H,19,20). The minimum Gasteiger partial charge on any atom is -0.480 e. The normalized spacial score (nSPS) is 16.5. The molecule has 1 atom stereocenters. The Kier molecular flexibility index (Phi) is 4.23. The molecule has 0 saturated carbocycles. The number of ether oxygens (including phenoxy) is 1. The van der Waals surface area contributed by atoms with Gasteiger partial charge in [0.25, 0.3) is 5.91 Å². The van der Waals surface area contributed by atoms with Crippen LogP contribution in [0.3, 0.4) is 0 Å². The summed E-state index contributed by atoms with van der Waals surface area (Å²) in [7, 11) is -4.64. The van der Waals surface area contributed by atoms with Gasteiger partial charge < -0.3 is 10.1 Å². The quantitative estimate of drug-likeness (QED) is 0.917. The van der Waals surface area contributed by atoms with Gasteiger partial charge in [-0.1, -0.05) is 18.2 Å². The highest BCUT2D eigenvalue weighted by atomic mass is 32.2. The number of benzene rings is 2. The summed E-state index contributed by atoms with van der Waals surface area (Å²) in [6.07, 6.45) is -0.258. The minimum absolute atomic E-state index is 0.299. The molecule has 5 nitrogen and oxygen atoms in total. The maximum atomic E-state index is 12.5. The van der Waals surface area contributed by atoms with Crippen molar-refractivity contribution in [3.05, 3.63) is 54.1 Å². The van der Waals surface area contributed by atoms with E-state index in [9.17, 15) is 22.0 Å². The second-order valence-corrected chi connectivity index (χ2v) is 7.16. The van der Waals surface area contributed by atoms with Crippen molar-refractivity contribution in [1.29, 1.82) is 0 Å². The monoisotopic (exact) mass is 353 g/mol. The number of halogens is 2. The lowest BCUT2D eigenvalue weighted by Crippen LogP contribution is -2.31. The van der Waals surface area contributed by atoms with Crippen molar-refractivity contribution >= 4 is 21.4 Å². The molecule has 0 saturated heterocycles. The number of amides is 1. The molecule has 2 aromatic carbocycles. The lowest BCUT2D eigenvalue weighted by atomic mass is 10.1. The largest absolute Gasteiger partial charge is 0.480 e. The van der Waals surface area contributed by atoms with E-state index in [1.165, 1.54) is 12.1 Å². The maximum Gasteiger partial charge on any atom is 0.341 e. The summed E-state index contributed by atoms with van der Waals surface area (Å²) in [5.74, 6) is -3.23. The van der Waals surface area contributed by atoms with Crippen LogP contribution < -0.4 is 10.1 Å². The first-order valence-electron chi connectivity index (χ1n) is 7.05. The first-order valence-corrected chi connectivity index (χ1v) is 8.60. The molecule has 0 radical (unpaired) electrons. The van der Waals surface area contributed by atoms with Crippen molar-refractivity contribution in [2.24, 2.45) is 0 Å². The Hall–Kier alpha value is -2.48. The Morgan fingerprint density at radius 2 is 1.79 bits per heavy atom. The molecule has 1 aliphatic rings. The molecular formula is C16H13F2NO4S. The number of alkyl halides is 2. The van der Waals surface area contributed by atoms with Gasteiger partial charge >= 0.3 is 5.76 Å². The first kappa shape index (κ1) is 16.4. The van der Waals surface area contributed by atoms with Gasteiger partial charge in [-0.05, 0) is 35.9 Å². The van der Waals surface area contributed by atoms with Crippen molar-refractivity contribution in [2.75, 3.05) is 5.32 Å². The Balaban J connectivity index is 1.68. The zero-order valence-corrected chi connectivity index (χ0v) is 13.1. The first-order chi connectivity index (χ1) is 11.4. The summed E-state index contributed by atoms with van der Waals surface area (Å²) in [5.41, 5.74) is 1.23. The van der Waals surface area contributed by atoms with Crippen LogP contribution in [0.2, 0.25) is 0 Å². The molecule has 1 unspecified atom stereocenters. The second kappa shape index (κ2) is 6.20. The van der Waals surface area contributed by atoms with E-state index in [2.05, 4.69) is 5.32 Å². The van der Waals surface area contributed by atoms with Crippen LogP contribution in [0.5, 0.6) is 5.75 Å². The SMILES string of the molecule is O=C(Nc1ccc(S(=O)(=O)C(F)F)cc1)C1Cc2ccccc2O1. The third-order valence-electron chi connectivity index (χ3n) is 3.62. The van der Waals surface area contributed by atoms with Gasteiger partial charge in [-0.25, -0.2) is 8.42 Å². The molecule has 24 heavy (non-hydrogen) atoms. The van der Waals surface area contributed by atoms with Crippen molar-refractivity contribution < 1.29 is 26.7 Å². The zero-order valence-electron chi connectivity index (χ0n) is 12.3. The Morgan fingerprint density at radius 3 is 2.42 bits per heavy atom. The molecule has 2 aromatic rings. The highest BCUT2D eigenvalue weighted by molar-refractivity contribution is 7.91. The van der Waals surface area contributed by atoms with Gasteiger partial charge in [0.15, 0.2) is 6.10 Å². The molecule has 0 bridgehead atoms. The van der Waals surface area contributed by atoms with Crippen LogP contribution in [0.25, 0.3) is 0 Å². The smallest absolute Gasteiger partial charge is 0.341 e. The molecule has 1 amide bonds. The van der Waals surface area contributed by atoms with E-state index in [0.717, 1.165) is 17.7 Å². The van der Waals surface area contributed by atoms with Crippen LogP contribution in [-0.2, 0) is 21.1 Å². The number of para-hydroxylation sites is 1. The molecule has 3 rings (SSSR count). The van der Waals surface area contributed by atoms with E-state index in [0.29, 0.717) is 17.9 Å². The number of hydrogen-bond acceptors (Lipinski definition) is 4. The predicted octanol–water partition coefficient (Wildman–Crippen LogP) is 2.63. The fourth-order valence-electron chi connectivity index (χ4n) is 2.38. The molecule has 0 aliphatic carbocycles. The Morgan fingerprint density at radius 1 is 1.12 bits per heavy atom. The van der Waals surface area contributed by atoms with Crippen molar-refractivity contribution in [2.45, 2.75) is 23.2 Å². The number of hydrogen-bond donors (Lipinski definition) is 1. The van der Waals surface area contributed by atoms with Crippen LogP contribution in [-0.4, -0.2) is 26.2 Å². The summed E-state index contributed by atoms with van der Waals surface area (Å²) in [5, 5.41) is 2.58. The fourth-order valence-corrected chi connectivity index (χ4v) is 3.10. The third kappa shape index (κ3) is 3.09. The van der Waals surface area contributed by atoms with Gasteiger partial charge in [-0.15, -0.1) is 0 Å². The van der Waals surface area contributed by atoms with E-state index in [1.54, 1.807) is 12.1 Å². The maximum absolute atomic E-state index is 12.5. The molecule has 1 heterocycles. The zero-order chi connectivity index (χ0) is 17.3. The number of rotatable bonds is 4. The van der Waals surface area contributed by atoms with Gasteiger partial charge in [0, 0.05) is 12.1 Å². The average Bonchev–Trinajstić information content (AvgIpc) is 2.99. The van der Waals surface area contributed by atoms with Gasteiger partial charge in [-0.2, -0.15) is 8.78 Å². The van der Waals surface area contributed by atoms with Crippen LogP contribution in [0.1, 0.15) is 5.56 Å². The summed E-state index contributed by atoms with van der Waals surface area (Å²) < 4.78 is 53.2.